The zero-order valence-electron chi connectivity index (χ0n) is 10.2. The van der Waals surface area contributed by atoms with Gasteiger partial charge in [0, 0.05) is 12.1 Å². The van der Waals surface area contributed by atoms with Gasteiger partial charge >= 0.3 is 0 Å². The molecule has 3 nitrogen and oxygen atoms in total. The van der Waals surface area contributed by atoms with Crippen molar-refractivity contribution in [3.05, 3.63) is 52.9 Å². The Morgan fingerprint density at radius 1 is 1.39 bits per heavy atom. The van der Waals surface area contributed by atoms with E-state index in [2.05, 4.69) is 5.10 Å². The summed E-state index contributed by atoms with van der Waals surface area (Å²) in [4.78, 5) is 0. The highest BCUT2D eigenvalue weighted by Gasteiger charge is 2.21. The molecule has 96 valence electrons. The van der Waals surface area contributed by atoms with Gasteiger partial charge in [0.15, 0.2) is 11.6 Å². The van der Waals surface area contributed by atoms with Gasteiger partial charge in [-0.1, -0.05) is 12.1 Å². The van der Waals surface area contributed by atoms with Gasteiger partial charge in [-0.25, -0.2) is 8.78 Å². The fourth-order valence-electron chi connectivity index (χ4n) is 1.93. The number of aromatic nitrogens is 2. The Bertz CT molecular complexity index is 566. The smallest absolute Gasteiger partial charge is 0.165 e. The maximum atomic E-state index is 13.6. The fourth-order valence-corrected chi connectivity index (χ4v) is 1.93. The number of aryl methyl sites for hydroxylation is 2. The van der Waals surface area contributed by atoms with Crippen molar-refractivity contribution >= 4 is 0 Å². The van der Waals surface area contributed by atoms with E-state index in [0.717, 1.165) is 11.8 Å². The van der Waals surface area contributed by atoms with Crippen LogP contribution in [-0.2, 0) is 6.54 Å². The van der Waals surface area contributed by atoms with E-state index in [1.807, 2.05) is 6.92 Å². The molecule has 1 aromatic carbocycles. The van der Waals surface area contributed by atoms with Gasteiger partial charge in [-0.3, -0.25) is 4.68 Å². The summed E-state index contributed by atoms with van der Waals surface area (Å²) in [5, 5.41) is 14.3. The van der Waals surface area contributed by atoms with Crippen molar-refractivity contribution in [2.45, 2.75) is 26.5 Å². The number of halogens is 2. The highest BCUT2D eigenvalue weighted by atomic mass is 19.2. The molecular weight excluding hydrogens is 238 g/mol. The van der Waals surface area contributed by atoms with Gasteiger partial charge in [0.25, 0.3) is 0 Å². The summed E-state index contributed by atoms with van der Waals surface area (Å²) >= 11 is 0. The number of nitrogens with zero attached hydrogens (tertiary/aromatic N) is 2. The van der Waals surface area contributed by atoms with Crippen LogP contribution in [0.25, 0.3) is 0 Å². The van der Waals surface area contributed by atoms with Gasteiger partial charge in [-0.2, -0.15) is 5.10 Å². The molecule has 0 aliphatic carbocycles. The second kappa shape index (κ2) is 4.86. The average molecular weight is 252 g/mol. The van der Waals surface area contributed by atoms with E-state index in [4.69, 9.17) is 0 Å². The largest absolute Gasteiger partial charge is 0.382 e. The van der Waals surface area contributed by atoms with Crippen molar-refractivity contribution in [3.63, 3.8) is 0 Å². The summed E-state index contributed by atoms with van der Waals surface area (Å²) in [5.74, 6) is -1.99. The van der Waals surface area contributed by atoms with Gasteiger partial charge in [-0.05, 0) is 26.0 Å². The van der Waals surface area contributed by atoms with Crippen LogP contribution in [0.5, 0.6) is 0 Å². The third-order valence-corrected chi connectivity index (χ3v) is 2.79. The van der Waals surface area contributed by atoms with Crippen LogP contribution in [0.2, 0.25) is 0 Å². The third-order valence-electron chi connectivity index (χ3n) is 2.79. The molecule has 0 bridgehead atoms. The van der Waals surface area contributed by atoms with Gasteiger partial charge in [0.1, 0.15) is 6.10 Å². The van der Waals surface area contributed by atoms with Crippen molar-refractivity contribution in [3.8, 4) is 0 Å². The minimum absolute atomic E-state index is 0.0791. The molecule has 1 atom stereocenters. The van der Waals surface area contributed by atoms with Crippen molar-refractivity contribution < 1.29 is 13.9 Å². The monoisotopic (exact) mass is 252 g/mol. The van der Waals surface area contributed by atoms with Crippen molar-refractivity contribution in [1.82, 2.24) is 9.78 Å². The lowest BCUT2D eigenvalue weighted by Gasteiger charge is -2.13. The number of hydrogen-bond acceptors (Lipinski definition) is 2. The van der Waals surface area contributed by atoms with Gasteiger partial charge in [0.05, 0.1) is 11.4 Å². The Labute approximate surface area is 104 Å². The molecule has 5 heteroatoms. The Kier molecular flexibility index (Phi) is 3.43. The van der Waals surface area contributed by atoms with E-state index >= 15 is 0 Å². The van der Waals surface area contributed by atoms with Crippen molar-refractivity contribution in [2.75, 3.05) is 0 Å². The first-order valence-corrected chi connectivity index (χ1v) is 5.71. The highest BCUT2D eigenvalue weighted by molar-refractivity contribution is 5.28. The Morgan fingerprint density at radius 2 is 2.11 bits per heavy atom. The summed E-state index contributed by atoms with van der Waals surface area (Å²) in [5.41, 5.74) is 1.10. The number of rotatable bonds is 3. The van der Waals surface area contributed by atoms with Crippen LogP contribution in [0.1, 0.15) is 30.0 Å². The minimum Gasteiger partial charge on any atom is -0.382 e. The molecule has 18 heavy (non-hydrogen) atoms. The molecule has 0 aliphatic heterocycles. The molecule has 2 rings (SSSR count). The first-order chi connectivity index (χ1) is 8.54. The summed E-state index contributed by atoms with van der Waals surface area (Å²) < 4.78 is 28.3. The summed E-state index contributed by atoms with van der Waals surface area (Å²) in [6, 6.07) is 5.42. The zero-order chi connectivity index (χ0) is 13.3. The van der Waals surface area contributed by atoms with E-state index in [1.54, 1.807) is 17.7 Å². The summed E-state index contributed by atoms with van der Waals surface area (Å²) in [6.45, 7) is 4.20. The lowest BCUT2D eigenvalue weighted by atomic mass is 10.1. The fraction of sp³-hybridized carbons (Fsp3) is 0.308. The standard InChI is InChI=1S/C13H14F2N2O/c1-3-17-11(7-8(2)16-17)13(18)9-5-4-6-10(14)12(9)15/h4-7,13,18H,3H2,1-2H3. The molecular formula is C13H14F2N2O. The van der Waals surface area contributed by atoms with Crippen LogP contribution in [0.4, 0.5) is 8.78 Å². The van der Waals surface area contributed by atoms with Gasteiger partial charge in [-0.15, -0.1) is 0 Å². The third kappa shape index (κ3) is 2.13. The number of aliphatic hydroxyl groups excluding tert-OH is 1. The lowest BCUT2D eigenvalue weighted by Crippen LogP contribution is -2.11. The SMILES string of the molecule is CCn1nc(C)cc1C(O)c1cccc(F)c1F. The molecule has 0 fully saturated rings. The average Bonchev–Trinajstić information content (AvgIpc) is 2.73. The van der Waals surface area contributed by atoms with Crippen LogP contribution in [0, 0.1) is 18.6 Å². The summed E-state index contributed by atoms with van der Waals surface area (Å²) in [6.07, 6.45) is -1.22. The maximum absolute atomic E-state index is 13.6. The van der Waals surface area contributed by atoms with E-state index in [1.165, 1.54) is 12.1 Å². The van der Waals surface area contributed by atoms with Crippen LogP contribution in [0.15, 0.2) is 24.3 Å². The number of hydrogen-bond donors (Lipinski definition) is 1. The Balaban J connectivity index is 2.47. The van der Waals surface area contributed by atoms with Crippen LogP contribution in [-0.4, -0.2) is 14.9 Å². The zero-order valence-corrected chi connectivity index (χ0v) is 10.2. The number of benzene rings is 1. The molecule has 0 spiro atoms. The van der Waals surface area contributed by atoms with E-state index in [0.29, 0.717) is 12.2 Å². The summed E-state index contributed by atoms with van der Waals surface area (Å²) in [7, 11) is 0. The Morgan fingerprint density at radius 3 is 2.78 bits per heavy atom. The second-order valence-corrected chi connectivity index (χ2v) is 4.07. The molecule has 1 aromatic heterocycles. The topological polar surface area (TPSA) is 38.0 Å². The molecule has 0 amide bonds. The van der Waals surface area contributed by atoms with E-state index in [-0.39, 0.29) is 5.56 Å². The molecule has 0 saturated heterocycles. The Hall–Kier alpha value is -1.75. The molecule has 1 N–H and O–H groups in total. The molecule has 1 unspecified atom stereocenters. The second-order valence-electron chi connectivity index (χ2n) is 4.07. The maximum Gasteiger partial charge on any atom is 0.165 e. The predicted octanol–water partition coefficient (Wildman–Crippen LogP) is 2.57. The molecule has 1 heterocycles. The van der Waals surface area contributed by atoms with Crippen LogP contribution in [0.3, 0.4) is 0 Å². The first kappa shape index (κ1) is 12.7. The van der Waals surface area contributed by atoms with Crippen molar-refractivity contribution in [2.24, 2.45) is 0 Å². The minimum atomic E-state index is -1.22. The quantitative estimate of drug-likeness (QED) is 0.911. The predicted molar refractivity (Wildman–Crippen MR) is 63.1 cm³/mol. The molecule has 2 aromatic rings. The first-order valence-electron chi connectivity index (χ1n) is 5.71. The van der Waals surface area contributed by atoms with E-state index < -0.39 is 17.7 Å². The molecule has 0 aliphatic rings. The van der Waals surface area contributed by atoms with Gasteiger partial charge in [0.2, 0.25) is 0 Å². The van der Waals surface area contributed by atoms with Crippen LogP contribution >= 0.6 is 0 Å². The highest BCUT2D eigenvalue weighted by Crippen LogP contribution is 2.26. The lowest BCUT2D eigenvalue weighted by molar-refractivity contribution is 0.201. The van der Waals surface area contributed by atoms with Crippen LogP contribution < -0.4 is 0 Å². The van der Waals surface area contributed by atoms with E-state index in [9.17, 15) is 13.9 Å². The number of aliphatic hydroxyl groups is 1. The van der Waals surface area contributed by atoms with Gasteiger partial charge < -0.3 is 5.11 Å². The van der Waals surface area contributed by atoms with Crippen molar-refractivity contribution in [1.29, 1.82) is 0 Å². The molecule has 0 radical (unpaired) electrons. The molecule has 0 saturated carbocycles. The normalized spacial score (nSPS) is 12.7.